The summed E-state index contributed by atoms with van der Waals surface area (Å²) in [5.41, 5.74) is 1.29. The van der Waals surface area contributed by atoms with E-state index in [9.17, 15) is 4.79 Å². The van der Waals surface area contributed by atoms with Gasteiger partial charge in [0.15, 0.2) is 0 Å². The standard InChI is InChI=1S/C18H14Cl3N3O/c1-24-9-8-22-17(24)16(11-2-5-13(19)6-3-11)23-18(25)12-4-7-14(20)15(21)10-12/h2-10,16H,1H3,(H,23,25). The van der Waals surface area contributed by atoms with Crippen LogP contribution in [0.3, 0.4) is 0 Å². The van der Waals surface area contributed by atoms with Crippen LogP contribution < -0.4 is 5.32 Å². The third-order valence-corrected chi connectivity index (χ3v) is 4.77. The monoisotopic (exact) mass is 393 g/mol. The molecule has 0 saturated carbocycles. The van der Waals surface area contributed by atoms with Crippen LogP contribution in [0.5, 0.6) is 0 Å². The van der Waals surface area contributed by atoms with Crippen molar-refractivity contribution in [2.45, 2.75) is 6.04 Å². The molecule has 0 fully saturated rings. The number of imidazole rings is 1. The topological polar surface area (TPSA) is 46.9 Å². The van der Waals surface area contributed by atoms with Crippen molar-refractivity contribution in [2.24, 2.45) is 7.05 Å². The van der Waals surface area contributed by atoms with Gasteiger partial charge in [-0.05, 0) is 35.9 Å². The number of hydrogen-bond acceptors (Lipinski definition) is 2. The number of carbonyl (C=O) groups is 1. The number of nitrogens with one attached hydrogen (secondary N) is 1. The number of benzene rings is 2. The van der Waals surface area contributed by atoms with Gasteiger partial charge in [-0.2, -0.15) is 0 Å². The Kier molecular flexibility index (Phi) is 5.33. The molecule has 1 amide bonds. The molecule has 0 spiro atoms. The largest absolute Gasteiger partial charge is 0.338 e. The molecular weight excluding hydrogens is 381 g/mol. The number of nitrogens with zero attached hydrogens (tertiary/aromatic N) is 2. The molecule has 1 atom stereocenters. The average Bonchev–Trinajstić information content (AvgIpc) is 3.01. The first-order valence-electron chi connectivity index (χ1n) is 7.44. The molecule has 0 radical (unpaired) electrons. The summed E-state index contributed by atoms with van der Waals surface area (Å²) in [7, 11) is 1.87. The second-order valence-electron chi connectivity index (χ2n) is 5.48. The molecule has 128 valence electrons. The van der Waals surface area contributed by atoms with Crippen LogP contribution in [-0.2, 0) is 7.05 Å². The van der Waals surface area contributed by atoms with Gasteiger partial charge in [0.25, 0.3) is 5.91 Å². The highest BCUT2D eigenvalue weighted by Gasteiger charge is 2.21. The molecule has 0 aliphatic carbocycles. The molecule has 0 saturated heterocycles. The Morgan fingerprint density at radius 3 is 2.40 bits per heavy atom. The lowest BCUT2D eigenvalue weighted by atomic mass is 10.1. The Morgan fingerprint density at radius 1 is 1.08 bits per heavy atom. The maximum absolute atomic E-state index is 12.7. The van der Waals surface area contributed by atoms with Crippen molar-refractivity contribution in [2.75, 3.05) is 0 Å². The maximum Gasteiger partial charge on any atom is 0.252 e. The molecule has 3 rings (SSSR count). The molecule has 1 N–H and O–H groups in total. The fourth-order valence-electron chi connectivity index (χ4n) is 2.46. The van der Waals surface area contributed by atoms with Crippen molar-refractivity contribution < 1.29 is 4.79 Å². The summed E-state index contributed by atoms with van der Waals surface area (Å²) in [6, 6.07) is 11.6. The Bertz CT molecular complexity index is 906. The second kappa shape index (κ2) is 7.48. The quantitative estimate of drug-likeness (QED) is 0.684. The Morgan fingerprint density at radius 2 is 1.80 bits per heavy atom. The predicted molar refractivity (Wildman–Crippen MR) is 100 cm³/mol. The molecule has 0 aliphatic heterocycles. The normalized spacial score (nSPS) is 12.0. The lowest BCUT2D eigenvalue weighted by molar-refractivity contribution is 0.0941. The van der Waals surface area contributed by atoms with Crippen LogP contribution in [0.1, 0.15) is 27.8 Å². The number of carbonyl (C=O) groups excluding carboxylic acids is 1. The molecule has 7 heteroatoms. The molecule has 0 aliphatic rings. The molecule has 1 heterocycles. The van der Waals surface area contributed by atoms with E-state index >= 15 is 0 Å². The minimum absolute atomic E-state index is 0.276. The van der Waals surface area contributed by atoms with Crippen molar-refractivity contribution in [3.8, 4) is 0 Å². The van der Waals surface area contributed by atoms with Crippen LogP contribution >= 0.6 is 34.8 Å². The van der Waals surface area contributed by atoms with Gasteiger partial charge in [0.05, 0.1) is 10.0 Å². The van der Waals surface area contributed by atoms with Gasteiger partial charge < -0.3 is 9.88 Å². The molecule has 2 aromatic carbocycles. The summed E-state index contributed by atoms with van der Waals surface area (Å²) in [5.74, 6) is 0.428. The van der Waals surface area contributed by atoms with Crippen molar-refractivity contribution in [3.05, 3.63) is 86.9 Å². The van der Waals surface area contributed by atoms with E-state index in [1.165, 1.54) is 6.07 Å². The minimum Gasteiger partial charge on any atom is -0.338 e. The Labute approximate surface area is 160 Å². The van der Waals surface area contributed by atoms with E-state index in [-0.39, 0.29) is 5.91 Å². The van der Waals surface area contributed by atoms with Gasteiger partial charge in [-0.1, -0.05) is 46.9 Å². The minimum atomic E-state index is -0.431. The number of amides is 1. The van der Waals surface area contributed by atoms with Crippen LogP contribution in [0.15, 0.2) is 54.9 Å². The number of halogens is 3. The van der Waals surface area contributed by atoms with Gasteiger partial charge in [0.1, 0.15) is 11.9 Å². The molecule has 0 bridgehead atoms. The van der Waals surface area contributed by atoms with Gasteiger partial charge >= 0.3 is 0 Å². The molecule has 1 aromatic heterocycles. The van der Waals surface area contributed by atoms with E-state index < -0.39 is 6.04 Å². The first-order chi connectivity index (χ1) is 12.0. The van der Waals surface area contributed by atoms with Crippen LogP contribution in [0.2, 0.25) is 15.1 Å². The van der Waals surface area contributed by atoms with E-state index in [0.717, 1.165) is 5.56 Å². The summed E-state index contributed by atoms with van der Waals surface area (Å²) >= 11 is 17.9. The Balaban J connectivity index is 1.94. The zero-order chi connectivity index (χ0) is 18.0. The van der Waals surface area contributed by atoms with E-state index in [4.69, 9.17) is 34.8 Å². The van der Waals surface area contributed by atoms with Gasteiger partial charge in [-0.25, -0.2) is 4.98 Å². The number of aromatic nitrogens is 2. The summed E-state index contributed by atoms with van der Waals surface area (Å²) in [6.45, 7) is 0. The molecule has 1 unspecified atom stereocenters. The van der Waals surface area contributed by atoms with E-state index in [0.29, 0.717) is 26.5 Å². The third kappa shape index (κ3) is 3.98. The lowest BCUT2D eigenvalue weighted by Gasteiger charge is -2.19. The lowest BCUT2D eigenvalue weighted by Crippen LogP contribution is -2.31. The van der Waals surface area contributed by atoms with E-state index in [2.05, 4.69) is 10.3 Å². The smallest absolute Gasteiger partial charge is 0.252 e. The average molecular weight is 395 g/mol. The fourth-order valence-corrected chi connectivity index (χ4v) is 2.88. The fraction of sp³-hybridized carbons (Fsp3) is 0.111. The first-order valence-corrected chi connectivity index (χ1v) is 8.57. The van der Waals surface area contributed by atoms with Crippen molar-refractivity contribution in [3.63, 3.8) is 0 Å². The van der Waals surface area contributed by atoms with Gasteiger partial charge in [-0.3, -0.25) is 4.79 Å². The highest BCUT2D eigenvalue weighted by Crippen LogP contribution is 2.25. The summed E-state index contributed by atoms with van der Waals surface area (Å²) in [5, 5.41) is 4.34. The first kappa shape index (κ1) is 17.8. The zero-order valence-corrected chi connectivity index (χ0v) is 15.5. The summed E-state index contributed by atoms with van der Waals surface area (Å²) in [4.78, 5) is 17.1. The van der Waals surface area contributed by atoms with Crippen molar-refractivity contribution in [1.82, 2.24) is 14.9 Å². The van der Waals surface area contributed by atoms with Crippen LogP contribution in [0, 0.1) is 0 Å². The molecule has 25 heavy (non-hydrogen) atoms. The predicted octanol–water partition coefficient (Wildman–Crippen LogP) is 4.90. The van der Waals surface area contributed by atoms with Gasteiger partial charge in [-0.15, -0.1) is 0 Å². The number of hydrogen-bond donors (Lipinski definition) is 1. The van der Waals surface area contributed by atoms with E-state index in [1.807, 2.05) is 29.9 Å². The summed E-state index contributed by atoms with van der Waals surface area (Å²) < 4.78 is 1.86. The maximum atomic E-state index is 12.7. The summed E-state index contributed by atoms with van der Waals surface area (Å²) in [6.07, 6.45) is 3.51. The zero-order valence-electron chi connectivity index (χ0n) is 13.2. The van der Waals surface area contributed by atoms with Crippen LogP contribution in [0.25, 0.3) is 0 Å². The van der Waals surface area contributed by atoms with Crippen LogP contribution in [0.4, 0.5) is 0 Å². The van der Waals surface area contributed by atoms with E-state index in [1.54, 1.807) is 30.5 Å². The molecule has 4 nitrogen and oxygen atoms in total. The number of rotatable bonds is 4. The number of aryl methyl sites for hydroxylation is 1. The SMILES string of the molecule is Cn1ccnc1C(NC(=O)c1ccc(Cl)c(Cl)c1)c1ccc(Cl)cc1. The molecule has 3 aromatic rings. The van der Waals surface area contributed by atoms with Crippen LogP contribution in [-0.4, -0.2) is 15.5 Å². The molecular formula is C18H14Cl3N3O. The van der Waals surface area contributed by atoms with Gasteiger partial charge in [0.2, 0.25) is 0 Å². The highest BCUT2D eigenvalue weighted by molar-refractivity contribution is 6.42. The third-order valence-electron chi connectivity index (χ3n) is 3.78. The van der Waals surface area contributed by atoms with Crippen molar-refractivity contribution in [1.29, 1.82) is 0 Å². The van der Waals surface area contributed by atoms with Gasteiger partial charge in [0, 0.05) is 30.0 Å². The highest BCUT2D eigenvalue weighted by atomic mass is 35.5. The second-order valence-corrected chi connectivity index (χ2v) is 6.73. The Hall–Kier alpha value is -2.01. The van der Waals surface area contributed by atoms with Crippen molar-refractivity contribution >= 4 is 40.7 Å².